The van der Waals surface area contributed by atoms with Crippen LogP contribution in [0.25, 0.3) is 0 Å². The molecular formula is C14H24N2. The third-order valence-corrected chi connectivity index (χ3v) is 3.07. The summed E-state index contributed by atoms with van der Waals surface area (Å²) in [6, 6.07) is 4.81. The van der Waals surface area contributed by atoms with E-state index in [9.17, 15) is 0 Å². The number of hydrogen-bond donors (Lipinski definition) is 1. The molecular weight excluding hydrogens is 196 g/mol. The third kappa shape index (κ3) is 3.60. The van der Waals surface area contributed by atoms with Gasteiger partial charge < -0.3 is 5.32 Å². The van der Waals surface area contributed by atoms with Crippen LogP contribution in [0.5, 0.6) is 0 Å². The SMILES string of the molecule is CCCNC(C)C(CC)c1ccc(C)cn1. The second-order valence-corrected chi connectivity index (χ2v) is 4.52. The lowest BCUT2D eigenvalue weighted by Gasteiger charge is -2.23. The minimum Gasteiger partial charge on any atom is -0.314 e. The van der Waals surface area contributed by atoms with Crippen molar-refractivity contribution >= 4 is 0 Å². The summed E-state index contributed by atoms with van der Waals surface area (Å²) >= 11 is 0. The molecule has 0 aliphatic carbocycles. The zero-order valence-electron chi connectivity index (χ0n) is 11.0. The maximum Gasteiger partial charge on any atom is 0.0450 e. The van der Waals surface area contributed by atoms with Gasteiger partial charge in [0, 0.05) is 23.9 Å². The molecule has 1 N–H and O–H groups in total. The predicted octanol–water partition coefficient (Wildman–Crippen LogP) is 3.27. The molecule has 2 nitrogen and oxygen atoms in total. The van der Waals surface area contributed by atoms with E-state index in [1.165, 1.54) is 17.7 Å². The maximum atomic E-state index is 4.54. The number of aryl methyl sites for hydroxylation is 1. The molecule has 0 aromatic carbocycles. The predicted molar refractivity (Wildman–Crippen MR) is 69.8 cm³/mol. The summed E-state index contributed by atoms with van der Waals surface area (Å²) in [6.07, 6.45) is 4.28. The van der Waals surface area contributed by atoms with Crippen LogP contribution in [0, 0.1) is 6.92 Å². The van der Waals surface area contributed by atoms with Crippen LogP contribution in [-0.4, -0.2) is 17.6 Å². The molecule has 1 rings (SSSR count). The standard InChI is InChI=1S/C14H24N2/c1-5-9-15-12(4)13(6-2)14-8-7-11(3)10-16-14/h7-8,10,12-13,15H,5-6,9H2,1-4H3. The van der Waals surface area contributed by atoms with Crippen molar-refractivity contribution < 1.29 is 0 Å². The van der Waals surface area contributed by atoms with E-state index in [1.807, 2.05) is 6.20 Å². The summed E-state index contributed by atoms with van der Waals surface area (Å²) < 4.78 is 0. The molecule has 1 aromatic rings. The summed E-state index contributed by atoms with van der Waals surface area (Å²) in [7, 11) is 0. The van der Waals surface area contributed by atoms with Crippen molar-refractivity contribution in [2.75, 3.05) is 6.54 Å². The Morgan fingerprint density at radius 2 is 2.06 bits per heavy atom. The van der Waals surface area contributed by atoms with Gasteiger partial charge in [0.05, 0.1) is 0 Å². The summed E-state index contributed by atoms with van der Waals surface area (Å²) in [5.41, 5.74) is 2.44. The maximum absolute atomic E-state index is 4.54. The first-order valence-electron chi connectivity index (χ1n) is 6.35. The molecule has 2 atom stereocenters. The first-order chi connectivity index (χ1) is 7.69. The fourth-order valence-electron chi connectivity index (χ4n) is 2.03. The Balaban J connectivity index is 2.69. The fourth-order valence-corrected chi connectivity index (χ4v) is 2.03. The zero-order valence-corrected chi connectivity index (χ0v) is 11.0. The Morgan fingerprint density at radius 3 is 2.56 bits per heavy atom. The highest BCUT2D eigenvalue weighted by molar-refractivity contribution is 5.16. The quantitative estimate of drug-likeness (QED) is 0.796. The van der Waals surface area contributed by atoms with E-state index in [0.29, 0.717) is 12.0 Å². The van der Waals surface area contributed by atoms with Crippen LogP contribution in [-0.2, 0) is 0 Å². The van der Waals surface area contributed by atoms with Crippen LogP contribution in [0.4, 0.5) is 0 Å². The van der Waals surface area contributed by atoms with Gasteiger partial charge in [0.2, 0.25) is 0 Å². The van der Waals surface area contributed by atoms with E-state index in [0.717, 1.165) is 13.0 Å². The van der Waals surface area contributed by atoms with E-state index in [-0.39, 0.29) is 0 Å². The minimum absolute atomic E-state index is 0.500. The number of rotatable bonds is 6. The summed E-state index contributed by atoms with van der Waals surface area (Å²) in [5, 5.41) is 3.56. The van der Waals surface area contributed by atoms with Crippen molar-refractivity contribution in [3.05, 3.63) is 29.6 Å². The van der Waals surface area contributed by atoms with Crippen molar-refractivity contribution in [3.63, 3.8) is 0 Å². The molecule has 0 fully saturated rings. The summed E-state index contributed by atoms with van der Waals surface area (Å²) in [5.74, 6) is 0.521. The van der Waals surface area contributed by atoms with Gasteiger partial charge in [-0.2, -0.15) is 0 Å². The Morgan fingerprint density at radius 1 is 1.31 bits per heavy atom. The monoisotopic (exact) mass is 220 g/mol. The van der Waals surface area contributed by atoms with Crippen LogP contribution in [0.15, 0.2) is 18.3 Å². The Kier molecular flexibility index (Phi) is 5.47. The smallest absolute Gasteiger partial charge is 0.0450 e. The van der Waals surface area contributed by atoms with Gasteiger partial charge in [0.1, 0.15) is 0 Å². The molecule has 0 saturated heterocycles. The second kappa shape index (κ2) is 6.64. The molecule has 2 unspecified atom stereocenters. The first-order valence-corrected chi connectivity index (χ1v) is 6.35. The van der Waals surface area contributed by atoms with E-state index >= 15 is 0 Å². The molecule has 0 radical (unpaired) electrons. The van der Waals surface area contributed by atoms with Gasteiger partial charge in [-0.3, -0.25) is 4.98 Å². The lowest BCUT2D eigenvalue weighted by molar-refractivity contribution is 0.443. The molecule has 1 heterocycles. The molecule has 0 amide bonds. The van der Waals surface area contributed by atoms with Crippen LogP contribution in [0.1, 0.15) is 50.8 Å². The molecule has 90 valence electrons. The zero-order chi connectivity index (χ0) is 12.0. The molecule has 0 aliphatic heterocycles. The van der Waals surface area contributed by atoms with Crippen LogP contribution in [0.2, 0.25) is 0 Å². The van der Waals surface area contributed by atoms with Crippen molar-refractivity contribution in [1.29, 1.82) is 0 Å². The largest absolute Gasteiger partial charge is 0.314 e. The number of aromatic nitrogens is 1. The molecule has 0 saturated carbocycles. The van der Waals surface area contributed by atoms with Gasteiger partial charge >= 0.3 is 0 Å². The highest BCUT2D eigenvalue weighted by Crippen LogP contribution is 2.21. The van der Waals surface area contributed by atoms with Gasteiger partial charge in [-0.05, 0) is 44.9 Å². The normalized spacial score (nSPS) is 14.8. The third-order valence-electron chi connectivity index (χ3n) is 3.07. The Hall–Kier alpha value is -0.890. The molecule has 0 spiro atoms. The lowest BCUT2D eigenvalue weighted by Crippen LogP contribution is -2.32. The molecule has 1 aromatic heterocycles. The molecule has 0 aliphatic rings. The first kappa shape index (κ1) is 13.2. The lowest BCUT2D eigenvalue weighted by atomic mass is 9.93. The van der Waals surface area contributed by atoms with Crippen molar-refractivity contribution in [1.82, 2.24) is 10.3 Å². The summed E-state index contributed by atoms with van der Waals surface area (Å²) in [6.45, 7) is 9.85. The average Bonchev–Trinajstić information content (AvgIpc) is 2.30. The number of nitrogens with zero attached hydrogens (tertiary/aromatic N) is 1. The highest BCUT2D eigenvalue weighted by Gasteiger charge is 2.17. The van der Waals surface area contributed by atoms with Crippen molar-refractivity contribution in [3.8, 4) is 0 Å². The van der Waals surface area contributed by atoms with Crippen LogP contribution < -0.4 is 5.32 Å². The average molecular weight is 220 g/mol. The minimum atomic E-state index is 0.500. The number of pyridine rings is 1. The van der Waals surface area contributed by atoms with E-state index in [4.69, 9.17) is 0 Å². The van der Waals surface area contributed by atoms with Crippen LogP contribution >= 0.6 is 0 Å². The van der Waals surface area contributed by atoms with Gasteiger partial charge in [0.15, 0.2) is 0 Å². The Labute approximate surface area is 99.5 Å². The van der Waals surface area contributed by atoms with Gasteiger partial charge in [-0.1, -0.05) is 19.9 Å². The van der Waals surface area contributed by atoms with E-state index in [1.54, 1.807) is 0 Å². The topological polar surface area (TPSA) is 24.9 Å². The number of hydrogen-bond acceptors (Lipinski definition) is 2. The van der Waals surface area contributed by atoms with Crippen molar-refractivity contribution in [2.24, 2.45) is 0 Å². The van der Waals surface area contributed by atoms with E-state index in [2.05, 4.69) is 50.1 Å². The second-order valence-electron chi connectivity index (χ2n) is 4.52. The van der Waals surface area contributed by atoms with Gasteiger partial charge in [0.25, 0.3) is 0 Å². The van der Waals surface area contributed by atoms with Crippen LogP contribution in [0.3, 0.4) is 0 Å². The Bertz CT molecular complexity index is 292. The molecule has 16 heavy (non-hydrogen) atoms. The van der Waals surface area contributed by atoms with Gasteiger partial charge in [-0.15, -0.1) is 0 Å². The molecule has 0 bridgehead atoms. The van der Waals surface area contributed by atoms with Gasteiger partial charge in [-0.25, -0.2) is 0 Å². The van der Waals surface area contributed by atoms with Crippen molar-refractivity contribution in [2.45, 2.75) is 52.5 Å². The number of nitrogens with one attached hydrogen (secondary N) is 1. The molecule has 2 heteroatoms. The van der Waals surface area contributed by atoms with E-state index < -0.39 is 0 Å². The summed E-state index contributed by atoms with van der Waals surface area (Å²) in [4.78, 5) is 4.54. The fraction of sp³-hybridized carbons (Fsp3) is 0.643. The highest BCUT2D eigenvalue weighted by atomic mass is 14.9.